The molecule has 1 fully saturated rings. The Morgan fingerprint density at radius 3 is 2.05 bits per heavy atom. The van der Waals surface area contributed by atoms with Crippen molar-refractivity contribution in [2.45, 2.75) is 0 Å². The molecule has 0 amide bonds. The first kappa shape index (κ1) is 17.1. The van der Waals surface area contributed by atoms with E-state index in [1.54, 1.807) is 0 Å². The molecule has 0 N–H and O–H groups in total. The van der Waals surface area contributed by atoms with Gasteiger partial charge in [0.1, 0.15) is 9.21 Å². The van der Waals surface area contributed by atoms with Crippen molar-refractivity contribution in [2.24, 2.45) is 0 Å². The van der Waals surface area contributed by atoms with Crippen molar-refractivity contribution < 1.29 is 4.74 Å². The highest BCUT2D eigenvalue weighted by atomic mass is 127. The molecule has 0 unspecified atom stereocenters. The zero-order valence-electron chi connectivity index (χ0n) is 11.2. The molecule has 1 saturated heterocycles. The number of pyridine rings is 2. The molecule has 21 heavy (non-hydrogen) atoms. The molecule has 1 aliphatic heterocycles. The molecule has 2 aromatic heterocycles. The van der Waals surface area contributed by atoms with E-state index in [0.717, 1.165) is 39.1 Å². The molecule has 0 saturated carbocycles. The number of aromatic nitrogens is 2. The Morgan fingerprint density at radius 2 is 1.57 bits per heavy atom. The van der Waals surface area contributed by atoms with Crippen LogP contribution in [0, 0.1) is 3.57 Å². The lowest BCUT2D eigenvalue weighted by molar-refractivity contribution is 0.122. The van der Waals surface area contributed by atoms with Crippen molar-refractivity contribution in [2.75, 3.05) is 31.2 Å². The van der Waals surface area contributed by atoms with Crippen LogP contribution in [0.25, 0.3) is 0 Å². The first-order chi connectivity index (χ1) is 10.1. The Bertz CT molecular complexity index is 524. The number of ether oxygens (including phenoxy) is 1. The highest BCUT2D eigenvalue weighted by Gasteiger charge is 2.10. The molecule has 0 aliphatic carbocycles. The Labute approximate surface area is 154 Å². The first-order valence-electron chi connectivity index (χ1n) is 6.36. The molecule has 0 bridgehead atoms. The van der Waals surface area contributed by atoms with Crippen LogP contribution in [0.5, 0.6) is 0 Å². The van der Waals surface area contributed by atoms with Gasteiger partial charge in [0.05, 0.1) is 25.1 Å². The number of rotatable bonds is 1. The van der Waals surface area contributed by atoms with Crippen LogP contribution in [0.4, 0.5) is 5.69 Å². The van der Waals surface area contributed by atoms with E-state index in [1.165, 1.54) is 5.69 Å². The number of hydrogen-bond acceptors (Lipinski definition) is 4. The largest absolute Gasteiger partial charge is 0.378 e. The summed E-state index contributed by atoms with van der Waals surface area (Å²) >= 11 is 8.76. The van der Waals surface area contributed by atoms with E-state index in [4.69, 9.17) is 4.74 Å². The lowest BCUT2D eigenvalue weighted by Gasteiger charge is -2.28. The van der Waals surface area contributed by atoms with Gasteiger partial charge in [-0.2, -0.15) is 0 Å². The highest BCUT2D eigenvalue weighted by molar-refractivity contribution is 14.1. The standard InChI is InChI=1S/C9H11BrN2O.C5H3BrIN/c10-9-2-1-8(7-11-9)12-3-5-13-6-4-12;6-5-2-1-4(7)3-8-5/h1-2,7H,3-6H2;1-3H. The third-order valence-electron chi connectivity index (χ3n) is 2.78. The molecular weight excluding hydrogens is 513 g/mol. The van der Waals surface area contributed by atoms with Crippen molar-refractivity contribution >= 4 is 60.1 Å². The maximum absolute atomic E-state index is 5.27. The normalized spacial score (nSPS) is 14.3. The maximum atomic E-state index is 5.27. The lowest BCUT2D eigenvalue weighted by Crippen LogP contribution is -2.36. The van der Waals surface area contributed by atoms with Crippen LogP contribution in [0.2, 0.25) is 0 Å². The number of anilines is 1. The minimum atomic E-state index is 0.816. The number of halogens is 3. The molecule has 0 aromatic carbocycles. The van der Waals surface area contributed by atoms with E-state index in [9.17, 15) is 0 Å². The van der Waals surface area contributed by atoms with Gasteiger partial charge in [-0.3, -0.25) is 0 Å². The van der Waals surface area contributed by atoms with Gasteiger partial charge in [-0.05, 0) is 78.7 Å². The topological polar surface area (TPSA) is 38.2 Å². The van der Waals surface area contributed by atoms with Gasteiger partial charge in [-0.1, -0.05) is 0 Å². The summed E-state index contributed by atoms with van der Waals surface area (Å²) in [5.41, 5.74) is 1.17. The zero-order chi connectivity index (χ0) is 15.1. The van der Waals surface area contributed by atoms with Crippen LogP contribution in [0.3, 0.4) is 0 Å². The van der Waals surface area contributed by atoms with Crippen LogP contribution in [0.1, 0.15) is 0 Å². The fourth-order valence-electron chi connectivity index (χ4n) is 1.73. The molecule has 3 heterocycles. The van der Waals surface area contributed by atoms with E-state index in [0.29, 0.717) is 0 Å². The molecule has 4 nitrogen and oxygen atoms in total. The second-order valence-electron chi connectivity index (χ2n) is 4.24. The smallest absolute Gasteiger partial charge is 0.106 e. The van der Waals surface area contributed by atoms with E-state index < -0.39 is 0 Å². The zero-order valence-corrected chi connectivity index (χ0v) is 16.5. The van der Waals surface area contributed by atoms with E-state index in [1.807, 2.05) is 30.6 Å². The molecular formula is C14H14Br2IN3O. The van der Waals surface area contributed by atoms with Gasteiger partial charge >= 0.3 is 0 Å². The number of morpholine rings is 1. The van der Waals surface area contributed by atoms with E-state index >= 15 is 0 Å². The molecule has 3 rings (SSSR count). The highest BCUT2D eigenvalue weighted by Crippen LogP contribution is 2.16. The Kier molecular flexibility index (Phi) is 7.35. The van der Waals surface area contributed by atoms with Crippen LogP contribution in [0.15, 0.2) is 45.9 Å². The van der Waals surface area contributed by atoms with Crippen LogP contribution < -0.4 is 4.90 Å². The quantitative estimate of drug-likeness (QED) is 0.414. The molecule has 7 heteroatoms. The second kappa shape index (κ2) is 9.02. The fraction of sp³-hybridized carbons (Fsp3) is 0.286. The lowest BCUT2D eigenvalue weighted by atomic mass is 10.3. The van der Waals surface area contributed by atoms with Gasteiger partial charge in [0, 0.05) is 22.9 Å². The SMILES string of the molecule is Brc1ccc(I)cn1.Brc1ccc(N2CCOCC2)cn1. The van der Waals surface area contributed by atoms with Gasteiger partial charge < -0.3 is 9.64 Å². The average molecular weight is 527 g/mol. The van der Waals surface area contributed by atoms with Gasteiger partial charge in [-0.15, -0.1) is 0 Å². The number of hydrogen-bond donors (Lipinski definition) is 0. The Morgan fingerprint density at radius 1 is 0.952 bits per heavy atom. The van der Waals surface area contributed by atoms with Crippen molar-refractivity contribution in [3.63, 3.8) is 0 Å². The summed E-state index contributed by atoms with van der Waals surface area (Å²) < 4.78 is 8.20. The molecule has 0 atom stereocenters. The molecule has 112 valence electrons. The van der Waals surface area contributed by atoms with Gasteiger partial charge in [0.25, 0.3) is 0 Å². The second-order valence-corrected chi connectivity index (χ2v) is 7.11. The molecule has 1 aliphatic rings. The summed E-state index contributed by atoms with van der Waals surface area (Å²) in [6, 6.07) is 7.95. The summed E-state index contributed by atoms with van der Waals surface area (Å²) in [4.78, 5) is 10.5. The Hall–Kier alpha value is -0.250. The first-order valence-corrected chi connectivity index (χ1v) is 9.03. The van der Waals surface area contributed by atoms with Crippen LogP contribution in [-0.2, 0) is 4.74 Å². The van der Waals surface area contributed by atoms with Crippen LogP contribution >= 0.6 is 54.5 Å². The predicted octanol–water partition coefficient (Wildman–Crippen LogP) is 4.13. The number of nitrogens with zero attached hydrogens (tertiary/aromatic N) is 3. The summed E-state index contributed by atoms with van der Waals surface area (Å²) in [5, 5.41) is 0. The van der Waals surface area contributed by atoms with Crippen LogP contribution in [-0.4, -0.2) is 36.3 Å². The van der Waals surface area contributed by atoms with Crippen molar-refractivity contribution in [1.29, 1.82) is 0 Å². The van der Waals surface area contributed by atoms with Gasteiger partial charge in [-0.25, -0.2) is 9.97 Å². The minimum Gasteiger partial charge on any atom is -0.378 e. The van der Waals surface area contributed by atoms with Crippen molar-refractivity contribution in [3.8, 4) is 0 Å². The van der Waals surface area contributed by atoms with Crippen molar-refractivity contribution in [3.05, 3.63) is 49.4 Å². The summed E-state index contributed by atoms with van der Waals surface area (Å²) in [5.74, 6) is 0. The van der Waals surface area contributed by atoms with Crippen molar-refractivity contribution in [1.82, 2.24) is 9.97 Å². The summed E-state index contributed by atoms with van der Waals surface area (Å²) in [7, 11) is 0. The molecule has 0 spiro atoms. The molecule has 2 aromatic rings. The third kappa shape index (κ3) is 6.17. The third-order valence-corrected chi connectivity index (χ3v) is 4.36. The summed E-state index contributed by atoms with van der Waals surface area (Å²) in [6.07, 6.45) is 3.69. The fourth-order valence-corrected chi connectivity index (χ4v) is 2.52. The minimum absolute atomic E-state index is 0.816. The van der Waals surface area contributed by atoms with E-state index in [2.05, 4.69) is 75.4 Å². The monoisotopic (exact) mass is 525 g/mol. The van der Waals surface area contributed by atoms with Gasteiger partial charge in [0.15, 0.2) is 0 Å². The molecule has 0 radical (unpaired) electrons. The van der Waals surface area contributed by atoms with E-state index in [-0.39, 0.29) is 0 Å². The predicted molar refractivity (Wildman–Crippen MR) is 99.6 cm³/mol. The average Bonchev–Trinajstić information content (AvgIpc) is 2.52. The maximum Gasteiger partial charge on any atom is 0.106 e. The summed E-state index contributed by atoms with van der Waals surface area (Å²) in [6.45, 7) is 3.55. The van der Waals surface area contributed by atoms with Gasteiger partial charge in [0.2, 0.25) is 0 Å². The Balaban J connectivity index is 0.000000173.